The molecule has 0 bridgehead atoms. The van der Waals surface area contributed by atoms with Crippen molar-refractivity contribution in [3.8, 4) is 0 Å². The maximum atomic E-state index is 10.2. The Morgan fingerprint density at radius 2 is 2.50 bits per heavy atom. The van der Waals surface area contributed by atoms with Gasteiger partial charge in [-0.2, -0.15) is 4.68 Å². The molecule has 64 valence electrons. The van der Waals surface area contributed by atoms with E-state index in [2.05, 4.69) is 5.10 Å². The lowest BCUT2D eigenvalue weighted by Crippen LogP contribution is -2.03. The topological polar surface area (TPSA) is 78.0 Å². The van der Waals surface area contributed by atoms with Crippen molar-refractivity contribution in [3.63, 3.8) is 0 Å². The van der Waals surface area contributed by atoms with Crippen LogP contribution in [-0.4, -0.2) is 21.0 Å². The van der Waals surface area contributed by atoms with Gasteiger partial charge in [-0.1, -0.05) is 0 Å². The molecule has 0 saturated heterocycles. The van der Waals surface area contributed by atoms with Crippen molar-refractivity contribution in [2.45, 2.75) is 13.5 Å². The Morgan fingerprint density at radius 1 is 1.83 bits per heavy atom. The number of nitrogens with zero attached hydrogens (tertiary/aromatic N) is 3. The molecule has 0 aliphatic rings. The number of carbonyl (C=O) groups excluding carboxylic acids is 1. The summed E-state index contributed by atoms with van der Waals surface area (Å²) in [5.74, 6) is -0.227. The predicted molar refractivity (Wildman–Crippen MR) is 39.7 cm³/mol. The van der Waals surface area contributed by atoms with Crippen LogP contribution in [0.25, 0.3) is 0 Å². The first-order valence-corrected chi connectivity index (χ1v) is 3.27. The zero-order valence-corrected chi connectivity index (χ0v) is 6.43. The fourth-order valence-corrected chi connectivity index (χ4v) is 0.837. The van der Waals surface area contributed by atoms with E-state index in [4.69, 9.17) is 0 Å². The molecule has 0 fully saturated rings. The Bertz CT molecular complexity index is 318. The van der Waals surface area contributed by atoms with Crippen molar-refractivity contribution in [1.29, 1.82) is 0 Å². The van der Waals surface area contributed by atoms with Gasteiger partial charge in [0.05, 0.1) is 16.9 Å². The van der Waals surface area contributed by atoms with Crippen molar-refractivity contribution in [2.24, 2.45) is 0 Å². The molecule has 1 rings (SSSR count). The van der Waals surface area contributed by atoms with E-state index in [9.17, 15) is 14.9 Å². The fraction of sp³-hybridized carbons (Fsp3) is 0.333. The first kappa shape index (κ1) is 8.38. The SMILES string of the molecule is Cc1cc([N+](=O)[O-])nn1CC=O. The maximum absolute atomic E-state index is 10.2. The number of carbonyl (C=O) groups is 1. The summed E-state index contributed by atoms with van der Waals surface area (Å²) in [5.41, 5.74) is 0.605. The van der Waals surface area contributed by atoms with E-state index in [1.807, 2.05) is 0 Å². The van der Waals surface area contributed by atoms with Gasteiger partial charge in [0.1, 0.15) is 12.8 Å². The highest BCUT2D eigenvalue weighted by molar-refractivity contribution is 5.49. The molecule has 6 heteroatoms. The van der Waals surface area contributed by atoms with Gasteiger partial charge >= 0.3 is 5.82 Å². The van der Waals surface area contributed by atoms with Crippen LogP contribution in [0, 0.1) is 17.0 Å². The van der Waals surface area contributed by atoms with Gasteiger partial charge in [-0.3, -0.25) is 0 Å². The minimum Gasteiger partial charge on any atom is -0.358 e. The molecule has 0 atom stereocenters. The lowest BCUT2D eigenvalue weighted by atomic mass is 10.4. The lowest BCUT2D eigenvalue weighted by molar-refractivity contribution is -0.389. The summed E-state index contributed by atoms with van der Waals surface area (Å²) in [6.45, 7) is 1.71. The van der Waals surface area contributed by atoms with E-state index in [0.29, 0.717) is 12.0 Å². The number of aryl methyl sites for hydroxylation is 1. The maximum Gasteiger partial charge on any atom is 0.390 e. The van der Waals surface area contributed by atoms with E-state index in [0.717, 1.165) is 0 Å². The molecule has 0 spiro atoms. The Hall–Kier alpha value is -1.72. The van der Waals surface area contributed by atoms with Gasteiger partial charge in [0.25, 0.3) is 0 Å². The number of nitro groups is 1. The molecule has 0 aromatic carbocycles. The second kappa shape index (κ2) is 3.12. The van der Waals surface area contributed by atoms with E-state index >= 15 is 0 Å². The van der Waals surface area contributed by atoms with E-state index in [1.54, 1.807) is 6.92 Å². The van der Waals surface area contributed by atoms with Crippen LogP contribution in [0.5, 0.6) is 0 Å². The van der Waals surface area contributed by atoms with Crippen LogP contribution in [0.2, 0.25) is 0 Å². The number of hydrogen-bond acceptors (Lipinski definition) is 4. The van der Waals surface area contributed by atoms with Crippen molar-refractivity contribution in [2.75, 3.05) is 0 Å². The number of aromatic nitrogens is 2. The molecule has 0 N–H and O–H groups in total. The third-order valence-corrected chi connectivity index (χ3v) is 1.40. The summed E-state index contributed by atoms with van der Waals surface area (Å²) in [6.07, 6.45) is 0.643. The molecule has 0 amide bonds. The van der Waals surface area contributed by atoms with E-state index < -0.39 is 4.92 Å². The summed E-state index contributed by atoms with van der Waals surface area (Å²) >= 11 is 0. The van der Waals surface area contributed by atoms with E-state index in [1.165, 1.54) is 10.7 Å². The van der Waals surface area contributed by atoms with Crippen LogP contribution in [0.15, 0.2) is 6.07 Å². The van der Waals surface area contributed by atoms with Crippen molar-refractivity contribution < 1.29 is 9.72 Å². The monoisotopic (exact) mass is 169 g/mol. The van der Waals surface area contributed by atoms with Crippen LogP contribution >= 0.6 is 0 Å². The molecule has 1 aromatic rings. The molecule has 6 nitrogen and oxygen atoms in total. The Balaban J connectivity index is 2.99. The van der Waals surface area contributed by atoms with Gasteiger partial charge < -0.3 is 14.9 Å². The normalized spacial score (nSPS) is 9.75. The minimum atomic E-state index is -0.589. The second-order valence-corrected chi connectivity index (χ2v) is 2.25. The smallest absolute Gasteiger partial charge is 0.358 e. The number of rotatable bonds is 3. The van der Waals surface area contributed by atoms with Crippen molar-refractivity contribution >= 4 is 12.1 Å². The second-order valence-electron chi connectivity index (χ2n) is 2.25. The van der Waals surface area contributed by atoms with Crippen LogP contribution in [0.3, 0.4) is 0 Å². The summed E-state index contributed by atoms with van der Waals surface area (Å²) in [7, 11) is 0. The average Bonchev–Trinajstić information content (AvgIpc) is 2.34. The Morgan fingerprint density at radius 3 is 2.92 bits per heavy atom. The standard InChI is InChI=1S/C6H7N3O3/c1-5-4-6(9(11)12)7-8(5)2-3-10/h3-4H,2H2,1H3. The highest BCUT2D eigenvalue weighted by Gasteiger charge is 2.13. The van der Waals surface area contributed by atoms with Crippen LogP contribution in [0.4, 0.5) is 5.82 Å². The van der Waals surface area contributed by atoms with Crippen molar-refractivity contribution in [1.82, 2.24) is 9.78 Å². The zero-order valence-electron chi connectivity index (χ0n) is 6.43. The molecular weight excluding hydrogens is 162 g/mol. The molecular formula is C6H7N3O3. The third kappa shape index (κ3) is 1.47. The first-order chi connectivity index (χ1) is 5.65. The summed E-state index contributed by atoms with van der Waals surface area (Å²) in [5, 5.41) is 13.8. The number of aldehydes is 1. The van der Waals surface area contributed by atoms with E-state index in [-0.39, 0.29) is 12.4 Å². The van der Waals surface area contributed by atoms with Gasteiger partial charge in [-0.05, 0) is 11.8 Å². The Labute approximate surface area is 67.9 Å². The fourth-order valence-electron chi connectivity index (χ4n) is 0.837. The molecule has 0 aliphatic heterocycles. The number of hydrogen-bond donors (Lipinski definition) is 0. The quantitative estimate of drug-likeness (QED) is 0.370. The predicted octanol–water partition coefficient (Wildman–Crippen LogP) is 0.299. The summed E-state index contributed by atoms with van der Waals surface area (Å²) < 4.78 is 1.28. The molecule has 0 aliphatic carbocycles. The minimum absolute atomic E-state index is 0.0552. The Kier molecular flexibility index (Phi) is 2.18. The molecule has 0 unspecified atom stereocenters. The third-order valence-electron chi connectivity index (χ3n) is 1.40. The molecule has 0 saturated carbocycles. The van der Waals surface area contributed by atoms with Gasteiger partial charge in [-0.25, -0.2) is 0 Å². The molecule has 1 aromatic heterocycles. The molecule has 12 heavy (non-hydrogen) atoms. The van der Waals surface area contributed by atoms with Crippen molar-refractivity contribution in [3.05, 3.63) is 21.9 Å². The first-order valence-electron chi connectivity index (χ1n) is 3.27. The van der Waals surface area contributed by atoms with Crippen LogP contribution in [0.1, 0.15) is 5.69 Å². The van der Waals surface area contributed by atoms with Crippen LogP contribution < -0.4 is 0 Å². The van der Waals surface area contributed by atoms with Gasteiger partial charge in [0, 0.05) is 0 Å². The molecule has 1 heterocycles. The highest BCUT2D eigenvalue weighted by Crippen LogP contribution is 2.09. The summed E-state index contributed by atoms with van der Waals surface area (Å²) in [4.78, 5) is 19.7. The summed E-state index contributed by atoms with van der Waals surface area (Å²) in [6, 6.07) is 1.32. The lowest BCUT2D eigenvalue weighted by Gasteiger charge is -1.87. The largest absolute Gasteiger partial charge is 0.390 e. The highest BCUT2D eigenvalue weighted by atomic mass is 16.6. The van der Waals surface area contributed by atoms with Gasteiger partial charge in [0.2, 0.25) is 0 Å². The van der Waals surface area contributed by atoms with Gasteiger partial charge in [-0.15, -0.1) is 0 Å². The zero-order chi connectivity index (χ0) is 9.14. The van der Waals surface area contributed by atoms with Crippen LogP contribution in [-0.2, 0) is 11.3 Å². The average molecular weight is 169 g/mol. The molecule has 0 radical (unpaired) electrons. The van der Waals surface area contributed by atoms with Gasteiger partial charge in [0.15, 0.2) is 0 Å².